The van der Waals surface area contributed by atoms with Gasteiger partial charge in [0.15, 0.2) is 9.84 Å². The molecule has 0 spiro atoms. The summed E-state index contributed by atoms with van der Waals surface area (Å²) in [6, 6.07) is 7.37. The maximum absolute atomic E-state index is 12.0. The van der Waals surface area contributed by atoms with Crippen LogP contribution in [0, 0.1) is 0 Å². The number of fused-ring (bicyclic) bond motifs is 1. The highest BCUT2D eigenvalue weighted by Crippen LogP contribution is 2.32. The van der Waals surface area contributed by atoms with E-state index in [0.29, 0.717) is 11.3 Å². The predicted molar refractivity (Wildman–Crippen MR) is 74.8 cm³/mol. The molecule has 0 saturated heterocycles. The number of thiazole rings is 1. The number of rotatable bonds is 3. The molecule has 1 aromatic heterocycles. The Hall–Kier alpha value is -1.24. The largest absolute Gasteiger partial charge is 0.305 e. The molecule has 6 heteroatoms. The molecule has 19 heavy (non-hydrogen) atoms. The van der Waals surface area contributed by atoms with Crippen molar-refractivity contribution in [2.75, 3.05) is 5.75 Å². The molecular weight excluding hydrogens is 280 g/mol. The second-order valence-corrected chi connectivity index (χ2v) is 7.60. The average Bonchev–Trinajstić information content (AvgIpc) is 2.91. The van der Waals surface area contributed by atoms with Gasteiger partial charge >= 0.3 is 0 Å². The van der Waals surface area contributed by atoms with Crippen LogP contribution in [0.4, 0.5) is 0 Å². The minimum absolute atomic E-state index is 0.0989. The summed E-state index contributed by atoms with van der Waals surface area (Å²) in [6.07, 6.45) is 2.46. The zero-order chi connectivity index (χ0) is 13.3. The van der Waals surface area contributed by atoms with E-state index in [1.54, 1.807) is 29.0 Å². The number of sulfone groups is 1. The molecule has 4 nitrogen and oxygen atoms in total. The van der Waals surface area contributed by atoms with Gasteiger partial charge in [0, 0.05) is 23.7 Å². The molecule has 1 unspecified atom stereocenters. The van der Waals surface area contributed by atoms with Crippen molar-refractivity contribution >= 4 is 21.2 Å². The summed E-state index contributed by atoms with van der Waals surface area (Å²) in [5.41, 5.74) is 2.69. The van der Waals surface area contributed by atoms with Gasteiger partial charge in [0.1, 0.15) is 0 Å². The Bertz CT molecular complexity index is 666. The Morgan fingerprint density at radius 3 is 3.00 bits per heavy atom. The summed E-state index contributed by atoms with van der Waals surface area (Å²) in [5, 5.41) is 3.42. The Morgan fingerprint density at radius 1 is 1.37 bits per heavy atom. The summed E-state index contributed by atoms with van der Waals surface area (Å²) in [5.74, 6) is 0.213. The molecule has 1 aliphatic rings. The minimum atomic E-state index is -3.10. The van der Waals surface area contributed by atoms with E-state index in [9.17, 15) is 8.42 Å². The van der Waals surface area contributed by atoms with E-state index in [-0.39, 0.29) is 11.8 Å². The van der Waals surface area contributed by atoms with E-state index in [0.717, 1.165) is 17.0 Å². The first-order valence-electron chi connectivity index (χ1n) is 6.09. The second kappa shape index (κ2) is 5.03. The Kier molecular flexibility index (Phi) is 3.38. The number of hydrogen-bond donors (Lipinski definition) is 1. The first-order chi connectivity index (χ1) is 9.17. The van der Waals surface area contributed by atoms with Crippen LogP contribution in [-0.4, -0.2) is 19.2 Å². The number of hydrogen-bond acceptors (Lipinski definition) is 5. The highest BCUT2D eigenvalue weighted by atomic mass is 32.2. The van der Waals surface area contributed by atoms with Crippen molar-refractivity contribution < 1.29 is 8.42 Å². The normalized spacial score (nSPS) is 20.9. The smallest absolute Gasteiger partial charge is 0.178 e. The van der Waals surface area contributed by atoms with Crippen LogP contribution in [0.5, 0.6) is 0 Å². The van der Waals surface area contributed by atoms with Gasteiger partial charge in [-0.25, -0.2) is 8.42 Å². The van der Waals surface area contributed by atoms with E-state index < -0.39 is 9.84 Å². The summed E-state index contributed by atoms with van der Waals surface area (Å²) < 4.78 is 24.0. The summed E-state index contributed by atoms with van der Waals surface area (Å²) in [4.78, 5) is 5.67. The number of nitrogens with zero attached hydrogens (tertiary/aromatic N) is 1. The lowest BCUT2D eigenvalue weighted by Gasteiger charge is -2.26. The first kappa shape index (κ1) is 12.8. The maximum atomic E-state index is 12.0. The summed E-state index contributed by atoms with van der Waals surface area (Å²) >= 11 is 1.60. The van der Waals surface area contributed by atoms with E-state index in [4.69, 9.17) is 0 Å². The third-order valence-electron chi connectivity index (χ3n) is 3.31. The van der Waals surface area contributed by atoms with Crippen LogP contribution in [0.15, 0.2) is 40.9 Å². The minimum Gasteiger partial charge on any atom is -0.305 e. The molecule has 1 atom stereocenters. The third kappa shape index (κ3) is 2.56. The zero-order valence-corrected chi connectivity index (χ0v) is 11.9. The molecular formula is C13H14N2O2S2. The molecule has 100 valence electrons. The molecule has 3 rings (SSSR count). The van der Waals surface area contributed by atoms with Gasteiger partial charge in [-0.15, -0.1) is 11.3 Å². The lowest BCUT2D eigenvalue weighted by atomic mass is 10.0. The van der Waals surface area contributed by atoms with Gasteiger partial charge in [-0.2, -0.15) is 0 Å². The van der Waals surface area contributed by atoms with Crippen molar-refractivity contribution in [1.29, 1.82) is 0 Å². The molecule has 0 amide bonds. The fraction of sp³-hybridized carbons (Fsp3) is 0.308. The lowest BCUT2D eigenvalue weighted by molar-refractivity contribution is 0.493. The molecule has 1 N–H and O–H groups in total. The standard InChI is InChI=1S/C13H14N2O2S2/c16-19(17)6-5-12(11-3-1-2-4-13(11)19)15-8-10-7-14-9-18-10/h1-4,7,9,12,15H,5-6,8H2. The van der Waals surface area contributed by atoms with Crippen LogP contribution >= 0.6 is 11.3 Å². The van der Waals surface area contributed by atoms with Crippen LogP contribution in [0.25, 0.3) is 0 Å². The van der Waals surface area contributed by atoms with Crippen molar-refractivity contribution in [3.63, 3.8) is 0 Å². The number of aromatic nitrogens is 1. The molecule has 0 fully saturated rings. The fourth-order valence-corrected chi connectivity index (χ4v) is 4.52. The Labute approximate surface area is 116 Å². The first-order valence-corrected chi connectivity index (χ1v) is 8.62. The average molecular weight is 294 g/mol. The van der Waals surface area contributed by atoms with Crippen molar-refractivity contribution in [1.82, 2.24) is 10.3 Å². The topological polar surface area (TPSA) is 59.1 Å². The van der Waals surface area contributed by atoms with Gasteiger partial charge in [-0.1, -0.05) is 18.2 Å². The van der Waals surface area contributed by atoms with Crippen molar-refractivity contribution in [2.24, 2.45) is 0 Å². The van der Waals surface area contributed by atoms with E-state index >= 15 is 0 Å². The number of benzene rings is 1. The third-order valence-corrected chi connectivity index (χ3v) is 5.91. The lowest BCUT2D eigenvalue weighted by Crippen LogP contribution is -2.29. The number of nitrogens with one attached hydrogen (secondary N) is 1. The van der Waals surface area contributed by atoms with Gasteiger partial charge in [-0.05, 0) is 18.1 Å². The van der Waals surface area contributed by atoms with Crippen molar-refractivity contribution in [3.05, 3.63) is 46.4 Å². The van der Waals surface area contributed by atoms with E-state index in [1.165, 1.54) is 0 Å². The van der Waals surface area contributed by atoms with Crippen molar-refractivity contribution in [2.45, 2.75) is 23.9 Å². The molecule has 0 aliphatic carbocycles. The van der Waals surface area contributed by atoms with Gasteiger partial charge < -0.3 is 5.32 Å². The van der Waals surface area contributed by atoms with Gasteiger partial charge in [0.05, 0.1) is 16.2 Å². The molecule has 1 aliphatic heterocycles. The quantitative estimate of drug-likeness (QED) is 0.942. The highest BCUT2D eigenvalue weighted by Gasteiger charge is 2.29. The van der Waals surface area contributed by atoms with Gasteiger partial charge in [0.25, 0.3) is 0 Å². The molecule has 2 aromatic rings. The fourth-order valence-electron chi connectivity index (χ4n) is 2.36. The Morgan fingerprint density at radius 2 is 2.21 bits per heavy atom. The van der Waals surface area contributed by atoms with Gasteiger partial charge in [-0.3, -0.25) is 4.98 Å². The van der Waals surface area contributed by atoms with Crippen LogP contribution < -0.4 is 5.32 Å². The van der Waals surface area contributed by atoms with E-state index in [2.05, 4.69) is 10.3 Å². The van der Waals surface area contributed by atoms with Crippen molar-refractivity contribution in [3.8, 4) is 0 Å². The van der Waals surface area contributed by atoms with Crippen LogP contribution in [0.2, 0.25) is 0 Å². The summed E-state index contributed by atoms with van der Waals surface area (Å²) in [6.45, 7) is 0.726. The predicted octanol–water partition coefficient (Wildman–Crippen LogP) is 2.15. The highest BCUT2D eigenvalue weighted by molar-refractivity contribution is 7.91. The molecule has 0 bridgehead atoms. The zero-order valence-electron chi connectivity index (χ0n) is 10.2. The SMILES string of the molecule is O=S1(=O)CCC(NCc2cncs2)c2ccccc21. The van der Waals surface area contributed by atoms with Gasteiger partial charge in [0.2, 0.25) is 0 Å². The van der Waals surface area contributed by atoms with Crippen LogP contribution in [0.3, 0.4) is 0 Å². The summed E-state index contributed by atoms with van der Waals surface area (Å²) in [7, 11) is -3.10. The second-order valence-electron chi connectivity index (χ2n) is 4.55. The van der Waals surface area contributed by atoms with Crippen LogP contribution in [0.1, 0.15) is 22.9 Å². The van der Waals surface area contributed by atoms with Crippen LogP contribution in [-0.2, 0) is 16.4 Å². The monoisotopic (exact) mass is 294 g/mol. The Balaban J connectivity index is 1.84. The molecule has 1 aromatic carbocycles. The molecule has 2 heterocycles. The van der Waals surface area contributed by atoms with E-state index in [1.807, 2.05) is 18.3 Å². The molecule has 0 radical (unpaired) electrons. The maximum Gasteiger partial charge on any atom is 0.178 e. The molecule has 0 saturated carbocycles.